The van der Waals surface area contributed by atoms with Gasteiger partial charge in [-0.15, -0.1) is 0 Å². The van der Waals surface area contributed by atoms with Gasteiger partial charge in [-0.25, -0.2) is 0 Å². The Labute approximate surface area is 91.6 Å². The van der Waals surface area contributed by atoms with Crippen LogP contribution in [0.3, 0.4) is 0 Å². The van der Waals surface area contributed by atoms with Crippen LogP contribution in [0.25, 0.3) is 0 Å². The van der Waals surface area contributed by atoms with Crippen molar-refractivity contribution in [2.24, 2.45) is 5.92 Å². The summed E-state index contributed by atoms with van der Waals surface area (Å²) in [6.07, 6.45) is 0.759. The van der Waals surface area contributed by atoms with Crippen molar-refractivity contribution in [1.82, 2.24) is 4.90 Å². The predicted octanol–water partition coefficient (Wildman–Crippen LogP) is 2.54. The lowest BCUT2D eigenvalue weighted by atomic mass is 10.0. The molecule has 94 valence electrons. The molecule has 0 aromatic heterocycles. The smallest absolute Gasteiger partial charge is 0.329 e. The molecular formula is C10H15F4NO. The monoisotopic (exact) mass is 241 g/mol. The van der Waals surface area contributed by atoms with Crippen LogP contribution in [0.15, 0.2) is 0 Å². The topological polar surface area (TPSA) is 20.3 Å². The zero-order chi connectivity index (χ0) is 12.6. The third-order valence-corrected chi connectivity index (χ3v) is 2.89. The second-order valence-electron chi connectivity index (χ2n) is 4.38. The van der Waals surface area contributed by atoms with E-state index in [9.17, 15) is 22.4 Å². The van der Waals surface area contributed by atoms with Gasteiger partial charge in [-0.05, 0) is 5.92 Å². The SMILES string of the molecule is CC[C@H](C)CC(=O)N1CC(F)(F)C(F)(F)C1. The lowest BCUT2D eigenvalue weighted by Gasteiger charge is -2.17. The summed E-state index contributed by atoms with van der Waals surface area (Å²) in [5.74, 6) is -8.79. The minimum absolute atomic E-state index is 0.0235. The summed E-state index contributed by atoms with van der Waals surface area (Å²) in [5.41, 5.74) is 0. The number of carbonyl (C=O) groups is 1. The second kappa shape index (κ2) is 4.22. The standard InChI is InChI=1S/C10H15F4NO/c1-3-7(2)4-8(16)15-5-9(11,12)10(13,14)6-15/h7H,3-6H2,1-2H3/t7-/m0/s1. The van der Waals surface area contributed by atoms with Gasteiger partial charge in [0.1, 0.15) is 0 Å². The Bertz CT molecular complexity index is 264. The molecule has 0 radical (unpaired) electrons. The number of rotatable bonds is 3. The van der Waals surface area contributed by atoms with Crippen LogP contribution in [0.1, 0.15) is 26.7 Å². The second-order valence-corrected chi connectivity index (χ2v) is 4.38. The van der Waals surface area contributed by atoms with Crippen LogP contribution >= 0.6 is 0 Å². The molecule has 0 aliphatic carbocycles. The van der Waals surface area contributed by atoms with E-state index in [0.29, 0.717) is 11.3 Å². The van der Waals surface area contributed by atoms with E-state index in [4.69, 9.17) is 0 Å². The quantitative estimate of drug-likeness (QED) is 0.695. The van der Waals surface area contributed by atoms with Crippen LogP contribution in [0, 0.1) is 5.92 Å². The largest absolute Gasteiger partial charge is 0.330 e. The molecule has 1 atom stereocenters. The Morgan fingerprint density at radius 2 is 1.69 bits per heavy atom. The Morgan fingerprint density at radius 1 is 1.25 bits per heavy atom. The lowest BCUT2D eigenvalue weighted by molar-refractivity contribution is -0.172. The van der Waals surface area contributed by atoms with Crippen molar-refractivity contribution in [1.29, 1.82) is 0 Å². The molecule has 0 bridgehead atoms. The minimum atomic E-state index is -4.10. The maximum atomic E-state index is 12.8. The highest BCUT2D eigenvalue weighted by atomic mass is 19.3. The van der Waals surface area contributed by atoms with Crippen molar-refractivity contribution in [2.75, 3.05) is 13.1 Å². The van der Waals surface area contributed by atoms with Gasteiger partial charge in [-0.2, -0.15) is 17.6 Å². The first-order valence-corrected chi connectivity index (χ1v) is 5.23. The number of halogens is 4. The number of alkyl halides is 4. The summed E-state index contributed by atoms with van der Waals surface area (Å²) in [6, 6.07) is 0. The molecular weight excluding hydrogens is 226 g/mol. The van der Waals surface area contributed by atoms with Gasteiger partial charge in [0.2, 0.25) is 5.91 Å². The highest BCUT2D eigenvalue weighted by Gasteiger charge is 2.63. The first-order valence-electron chi connectivity index (χ1n) is 5.23. The third-order valence-electron chi connectivity index (χ3n) is 2.89. The number of likely N-dealkylation sites (tertiary alicyclic amines) is 1. The molecule has 1 aliphatic rings. The number of carbonyl (C=O) groups excluding carboxylic acids is 1. The third kappa shape index (κ3) is 2.47. The molecule has 16 heavy (non-hydrogen) atoms. The molecule has 0 saturated carbocycles. The van der Waals surface area contributed by atoms with Gasteiger partial charge in [0.05, 0.1) is 13.1 Å². The molecule has 2 nitrogen and oxygen atoms in total. The number of hydrogen-bond donors (Lipinski definition) is 0. The molecule has 1 aliphatic heterocycles. The van der Waals surface area contributed by atoms with E-state index < -0.39 is 30.8 Å². The first-order chi connectivity index (χ1) is 7.19. The van der Waals surface area contributed by atoms with E-state index in [0.717, 1.165) is 0 Å². The fraction of sp³-hybridized carbons (Fsp3) is 0.900. The summed E-state index contributed by atoms with van der Waals surface area (Å²) < 4.78 is 51.2. The molecule has 1 heterocycles. The van der Waals surface area contributed by atoms with Gasteiger partial charge in [0.25, 0.3) is 0 Å². The molecule has 0 aromatic rings. The molecule has 0 unspecified atom stereocenters. The average molecular weight is 241 g/mol. The average Bonchev–Trinajstić information content (AvgIpc) is 2.36. The Morgan fingerprint density at radius 3 is 2.06 bits per heavy atom. The number of amides is 1. The van der Waals surface area contributed by atoms with Crippen LogP contribution in [-0.4, -0.2) is 35.7 Å². The molecule has 1 amide bonds. The summed E-state index contributed by atoms with van der Waals surface area (Å²) >= 11 is 0. The Balaban J connectivity index is 2.62. The molecule has 6 heteroatoms. The summed E-state index contributed by atoms with van der Waals surface area (Å²) in [4.78, 5) is 12.0. The van der Waals surface area contributed by atoms with Gasteiger partial charge in [0, 0.05) is 6.42 Å². The van der Waals surface area contributed by atoms with Crippen LogP contribution < -0.4 is 0 Å². The van der Waals surface area contributed by atoms with Crippen LogP contribution in [0.5, 0.6) is 0 Å². The van der Waals surface area contributed by atoms with E-state index in [1.165, 1.54) is 0 Å². The molecule has 0 N–H and O–H groups in total. The summed E-state index contributed by atoms with van der Waals surface area (Å²) in [7, 11) is 0. The maximum Gasteiger partial charge on any atom is 0.329 e. The zero-order valence-electron chi connectivity index (χ0n) is 9.27. The Kier molecular flexibility index (Phi) is 3.50. The van der Waals surface area contributed by atoms with Gasteiger partial charge >= 0.3 is 11.8 Å². The first kappa shape index (κ1) is 13.3. The zero-order valence-corrected chi connectivity index (χ0v) is 9.27. The van der Waals surface area contributed by atoms with Crippen LogP contribution in [0.4, 0.5) is 17.6 Å². The molecule has 1 rings (SSSR count). The maximum absolute atomic E-state index is 12.8. The van der Waals surface area contributed by atoms with Gasteiger partial charge in [0.15, 0.2) is 0 Å². The highest BCUT2D eigenvalue weighted by Crippen LogP contribution is 2.41. The van der Waals surface area contributed by atoms with Crippen molar-refractivity contribution >= 4 is 5.91 Å². The van der Waals surface area contributed by atoms with Crippen LogP contribution in [-0.2, 0) is 4.79 Å². The van der Waals surface area contributed by atoms with E-state index in [1.54, 1.807) is 6.92 Å². The normalized spacial score (nSPS) is 24.5. The molecule has 0 aromatic carbocycles. The number of hydrogen-bond acceptors (Lipinski definition) is 1. The highest BCUT2D eigenvalue weighted by molar-refractivity contribution is 5.77. The van der Waals surface area contributed by atoms with Gasteiger partial charge in [-0.1, -0.05) is 20.3 Å². The Hall–Kier alpha value is -0.810. The fourth-order valence-corrected chi connectivity index (χ4v) is 1.51. The lowest BCUT2D eigenvalue weighted by Crippen LogP contribution is -2.38. The van der Waals surface area contributed by atoms with Gasteiger partial charge < -0.3 is 4.90 Å². The van der Waals surface area contributed by atoms with Crippen molar-refractivity contribution in [3.05, 3.63) is 0 Å². The van der Waals surface area contributed by atoms with E-state index in [1.807, 2.05) is 6.92 Å². The summed E-state index contributed by atoms with van der Waals surface area (Å²) in [5, 5.41) is 0. The molecule has 1 fully saturated rings. The molecule has 0 spiro atoms. The van der Waals surface area contributed by atoms with Crippen molar-refractivity contribution in [3.8, 4) is 0 Å². The molecule has 1 saturated heterocycles. The van der Waals surface area contributed by atoms with E-state index in [2.05, 4.69) is 0 Å². The van der Waals surface area contributed by atoms with Crippen molar-refractivity contribution in [3.63, 3.8) is 0 Å². The minimum Gasteiger partial charge on any atom is -0.330 e. The van der Waals surface area contributed by atoms with Crippen molar-refractivity contribution < 1.29 is 22.4 Å². The predicted molar refractivity (Wildman–Crippen MR) is 50.5 cm³/mol. The van der Waals surface area contributed by atoms with E-state index >= 15 is 0 Å². The van der Waals surface area contributed by atoms with Gasteiger partial charge in [-0.3, -0.25) is 4.79 Å². The number of nitrogens with zero attached hydrogens (tertiary/aromatic N) is 1. The fourth-order valence-electron chi connectivity index (χ4n) is 1.51. The van der Waals surface area contributed by atoms with Crippen LogP contribution in [0.2, 0.25) is 0 Å². The van der Waals surface area contributed by atoms with Crippen molar-refractivity contribution in [2.45, 2.75) is 38.5 Å². The summed E-state index contributed by atoms with van der Waals surface area (Å²) in [6.45, 7) is 1.29. The van der Waals surface area contributed by atoms with E-state index in [-0.39, 0.29) is 12.3 Å².